The van der Waals surface area contributed by atoms with Crippen LogP contribution in [0, 0.1) is 0 Å². The van der Waals surface area contributed by atoms with Crippen LogP contribution in [-0.2, 0) is 9.31 Å². The van der Waals surface area contributed by atoms with Crippen LogP contribution in [0.4, 0.5) is 0 Å². The van der Waals surface area contributed by atoms with Gasteiger partial charge >= 0.3 is 14.1 Å². The second-order valence-corrected chi connectivity index (χ2v) is 3.68. The first kappa shape index (κ1) is 9.21. The molecule has 2 aliphatic heterocycles. The molecule has 0 N–H and O–H groups in total. The van der Waals surface area contributed by atoms with Crippen molar-refractivity contribution in [2.75, 3.05) is 6.61 Å². The van der Waals surface area contributed by atoms with Gasteiger partial charge in [0.1, 0.15) is 0 Å². The molecule has 13 heavy (non-hydrogen) atoms. The summed E-state index contributed by atoms with van der Waals surface area (Å²) in [5, 5.41) is 8.25. The summed E-state index contributed by atoms with van der Waals surface area (Å²) in [5.41, 5.74) is 0. The van der Waals surface area contributed by atoms with E-state index in [-0.39, 0.29) is 14.1 Å². The highest BCUT2D eigenvalue weighted by atomic mass is 16.5. The van der Waals surface area contributed by atoms with Gasteiger partial charge in [0.05, 0.1) is 0 Å². The van der Waals surface area contributed by atoms with E-state index in [9.17, 15) is 0 Å². The fourth-order valence-corrected chi connectivity index (χ4v) is 1.67. The van der Waals surface area contributed by atoms with E-state index in [1.54, 1.807) is 0 Å². The third kappa shape index (κ3) is 2.54. The lowest BCUT2D eigenvalue weighted by molar-refractivity contribution is 0.253. The number of hydrogen-bond acceptors (Lipinski definition) is 4. The third-order valence-electron chi connectivity index (χ3n) is 2.44. The summed E-state index contributed by atoms with van der Waals surface area (Å²) in [5.74, 6) is 0. The summed E-state index contributed by atoms with van der Waals surface area (Å²) in [6, 6.07) is 0. The lowest BCUT2D eigenvalue weighted by atomic mass is 9.79. The topological polar surface area (TPSA) is 43.2 Å². The Morgan fingerprint density at radius 1 is 1.23 bits per heavy atom. The van der Waals surface area contributed by atoms with Crippen LogP contribution < -0.4 is 0 Å². The minimum absolute atomic E-state index is 0.000457. The molecule has 0 spiro atoms. The number of rotatable bonds is 2. The predicted octanol–water partition coefficient (Wildman–Crippen LogP) is 1.64. The van der Waals surface area contributed by atoms with Crippen molar-refractivity contribution in [2.45, 2.75) is 38.5 Å². The van der Waals surface area contributed by atoms with Gasteiger partial charge in [-0.2, -0.15) is 0 Å². The molecule has 70 valence electrons. The van der Waals surface area contributed by atoms with Crippen molar-refractivity contribution in [3.8, 4) is 0 Å². The van der Waals surface area contributed by atoms with Crippen LogP contribution >= 0.6 is 0 Å². The van der Waals surface area contributed by atoms with Crippen LogP contribution in [0.25, 0.3) is 0 Å². The smallest absolute Gasteiger partial charge is 0.415 e. The van der Waals surface area contributed by atoms with E-state index in [2.05, 4.69) is 17.0 Å². The second kappa shape index (κ2) is 4.24. The Labute approximate surface area is 79.4 Å². The maximum absolute atomic E-state index is 5.51. The monoisotopic (exact) mass is 180 g/mol. The summed E-state index contributed by atoms with van der Waals surface area (Å²) >= 11 is 0. The van der Waals surface area contributed by atoms with Crippen molar-refractivity contribution in [1.29, 1.82) is 0 Å². The van der Waals surface area contributed by atoms with Crippen molar-refractivity contribution in [3.63, 3.8) is 0 Å². The number of hydrogen-bond donors (Lipinski definition) is 0. The standard InChI is InChI=1S/C7H14B2N2O2/c1-7-3-5-9(13-7)11-10-8-4-2-6-12-8/h7H,2-6H2,1H3/t7-/m1/s1. The fraction of sp³-hybridized carbons (Fsp3) is 1.00. The minimum Gasteiger partial charge on any atom is -0.415 e. The fourth-order valence-electron chi connectivity index (χ4n) is 1.67. The van der Waals surface area contributed by atoms with E-state index in [0.717, 1.165) is 32.1 Å². The van der Waals surface area contributed by atoms with Gasteiger partial charge in [0.25, 0.3) is 0 Å². The summed E-state index contributed by atoms with van der Waals surface area (Å²) in [6.07, 6.45) is 4.54. The van der Waals surface area contributed by atoms with Crippen LogP contribution in [0.1, 0.15) is 19.8 Å². The molecule has 0 unspecified atom stereocenters. The van der Waals surface area contributed by atoms with Crippen LogP contribution in [0.5, 0.6) is 0 Å². The Morgan fingerprint density at radius 3 is 2.69 bits per heavy atom. The second-order valence-electron chi connectivity index (χ2n) is 3.68. The van der Waals surface area contributed by atoms with Crippen LogP contribution in [-0.4, -0.2) is 26.8 Å². The molecule has 0 aromatic carbocycles. The van der Waals surface area contributed by atoms with Gasteiger partial charge in [0.2, 0.25) is 0 Å². The van der Waals surface area contributed by atoms with Gasteiger partial charge in [0, 0.05) is 12.7 Å². The Balaban J connectivity index is 1.76. The first-order chi connectivity index (χ1) is 6.34. The molecule has 2 heterocycles. The first-order valence-electron chi connectivity index (χ1n) is 5.01. The molecule has 6 heteroatoms. The molecular formula is C7H14B2N2O2. The third-order valence-corrected chi connectivity index (χ3v) is 2.44. The molecule has 2 saturated heterocycles. The first-order valence-corrected chi connectivity index (χ1v) is 5.01. The van der Waals surface area contributed by atoms with Gasteiger partial charge in [0.15, 0.2) is 0 Å². The minimum atomic E-state index is -0.0146. The zero-order valence-electron chi connectivity index (χ0n) is 7.98. The summed E-state index contributed by atoms with van der Waals surface area (Å²) in [4.78, 5) is 0. The largest absolute Gasteiger partial charge is 0.455 e. The zero-order chi connectivity index (χ0) is 9.10. The Bertz CT molecular complexity index is 197. The van der Waals surface area contributed by atoms with Gasteiger partial charge < -0.3 is 9.31 Å². The average Bonchev–Trinajstić information content (AvgIpc) is 2.71. The van der Waals surface area contributed by atoms with Gasteiger partial charge in [-0.3, -0.25) is 0 Å². The molecule has 0 aliphatic carbocycles. The van der Waals surface area contributed by atoms with Crippen LogP contribution in [0.15, 0.2) is 10.1 Å². The van der Waals surface area contributed by atoms with Gasteiger partial charge in [-0.15, -0.1) is 0 Å². The van der Waals surface area contributed by atoms with Gasteiger partial charge in [-0.1, -0.05) is 0 Å². The molecule has 0 radical (unpaired) electrons. The molecule has 0 aromatic heterocycles. The normalized spacial score (nSPS) is 29.5. The van der Waals surface area contributed by atoms with Crippen LogP contribution in [0.3, 0.4) is 0 Å². The van der Waals surface area contributed by atoms with Gasteiger partial charge in [-0.05, 0) is 32.4 Å². The highest BCUT2D eigenvalue weighted by Gasteiger charge is 2.28. The lowest BCUT2D eigenvalue weighted by Gasteiger charge is -2.01. The maximum atomic E-state index is 5.51. The molecular weight excluding hydrogens is 166 g/mol. The predicted molar refractivity (Wildman–Crippen MR) is 51.7 cm³/mol. The summed E-state index contributed by atoms with van der Waals surface area (Å²) < 4.78 is 10.8. The highest BCUT2D eigenvalue weighted by Crippen LogP contribution is 2.19. The summed E-state index contributed by atoms with van der Waals surface area (Å²) in [6.45, 7) is 2.90. The molecule has 2 rings (SSSR count). The summed E-state index contributed by atoms with van der Waals surface area (Å²) in [7, 11) is -0.0151. The highest BCUT2D eigenvalue weighted by molar-refractivity contribution is 6.53. The maximum Gasteiger partial charge on any atom is 0.455 e. The van der Waals surface area contributed by atoms with Crippen molar-refractivity contribution >= 4 is 14.1 Å². The molecule has 0 bridgehead atoms. The molecule has 2 fully saturated rings. The van der Waals surface area contributed by atoms with Crippen molar-refractivity contribution < 1.29 is 9.31 Å². The van der Waals surface area contributed by atoms with E-state index in [1.807, 2.05) is 0 Å². The Kier molecular flexibility index (Phi) is 3.01. The quantitative estimate of drug-likeness (QED) is 0.478. The molecule has 2 aliphatic rings. The molecule has 0 amide bonds. The molecule has 4 nitrogen and oxygen atoms in total. The molecule has 0 aromatic rings. The van der Waals surface area contributed by atoms with E-state index in [1.165, 1.54) is 0 Å². The Morgan fingerprint density at radius 2 is 2.08 bits per heavy atom. The van der Waals surface area contributed by atoms with E-state index >= 15 is 0 Å². The van der Waals surface area contributed by atoms with Crippen molar-refractivity contribution in [2.24, 2.45) is 10.1 Å². The SMILES string of the molecule is C[C@@H]1CCB(N=NB2CCCO2)O1. The van der Waals surface area contributed by atoms with Crippen molar-refractivity contribution in [3.05, 3.63) is 0 Å². The van der Waals surface area contributed by atoms with E-state index < -0.39 is 0 Å². The van der Waals surface area contributed by atoms with E-state index in [0.29, 0.717) is 6.10 Å². The van der Waals surface area contributed by atoms with Crippen molar-refractivity contribution in [1.82, 2.24) is 0 Å². The van der Waals surface area contributed by atoms with E-state index in [4.69, 9.17) is 9.31 Å². The van der Waals surface area contributed by atoms with Gasteiger partial charge in [-0.25, -0.2) is 10.1 Å². The lowest BCUT2D eigenvalue weighted by Crippen LogP contribution is -2.13. The van der Waals surface area contributed by atoms with Crippen LogP contribution in [0.2, 0.25) is 12.6 Å². The number of nitrogens with zero attached hydrogens (tertiary/aromatic N) is 2. The average molecular weight is 180 g/mol. The zero-order valence-corrected chi connectivity index (χ0v) is 7.98. The Hall–Kier alpha value is -0.350. The molecule has 0 saturated carbocycles. The molecule has 1 atom stereocenters.